The van der Waals surface area contributed by atoms with Crippen LogP contribution < -0.4 is 0 Å². The van der Waals surface area contributed by atoms with Crippen LogP contribution in [0, 0.1) is 11.3 Å². The quantitative estimate of drug-likeness (QED) is 0.774. The number of aromatic nitrogens is 2. The molecule has 0 aliphatic carbocycles. The van der Waals surface area contributed by atoms with Crippen molar-refractivity contribution in [3.05, 3.63) is 29.1 Å². The van der Waals surface area contributed by atoms with Crippen LogP contribution in [0.2, 0.25) is 0 Å². The van der Waals surface area contributed by atoms with Gasteiger partial charge in [-0.15, -0.1) is 0 Å². The lowest BCUT2D eigenvalue weighted by Crippen LogP contribution is -2.15. The molecule has 19 heavy (non-hydrogen) atoms. The minimum Gasteiger partial charge on any atom is -0.331 e. The SMILES string of the molecule is CC(C)c1nc2cc3c(cc2n1C)CN(CC#N)C3. The Labute approximate surface area is 113 Å². The molecule has 0 N–H and O–H groups in total. The van der Waals surface area contributed by atoms with Crippen LogP contribution in [0.5, 0.6) is 0 Å². The molecule has 2 aromatic rings. The van der Waals surface area contributed by atoms with Crippen molar-refractivity contribution in [2.45, 2.75) is 32.9 Å². The van der Waals surface area contributed by atoms with Crippen LogP contribution >= 0.6 is 0 Å². The Hall–Kier alpha value is -1.86. The number of hydrogen-bond acceptors (Lipinski definition) is 3. The third-order valence-corrected chi connectivity index (χ3v) is 3.84. The first-order valence-electron chi connectivity index (χ1n) is 6.67. The van der Waals surface area contributed by atoms with E-state index in [0.29, 0.717) is 12.5 Å². The highest BCUT2D eigenvalue weighted by Gasteiger charge is 2.21. The first-order valence-corrected chi connectivity index (χ1v) is 6.67. The van der Waals surface area contributed by atoms with Crippen molar-refractivity contribution < 1.29 is 0 Å². The van der Waals surface area contributed by atoms with Crippen molar-refractivity contribution in [1.82, 2.24) is 14.5 Å². The van der Waals surface area contributed by atoms with E-state index in [9.17, 15) is 0 Å². The van der Waals surface area contributed by atoms with Crippen molar-refractivity contribution in [2.75, 3.05) is 6.54 Å². The zero-order valence-electron chi connectivity index (χ0n) is 11.6. The first-order chi connectivity index (χ1) is 9.10. The summed E-state index contributed by atoms with van der Waals surface area (Å²) >= 11 is 0. The van der Waals surface area contributed by atoms with Crippen LogP contribution in [0.3, 0.4) is 0 Å². The van der Waals surface area contributed by atoms with Gasteiger partial charge in [-0.25, -0.2) is 4.98 Å². The third-order valence-electron chi connectivity index (χ3n) is 3.84. The van der Waals surface area contributed by atoms with Crippen molar-refractivity contribution >= 4 is 11.0 Å². The minimum absolute atomic E-state index is 0.433. The zero-order chi connectivity index (χ0) is 13.6. The summed E-state index contributed by atoms with van der Waals surface area (Å²) in [5, 5.41) is 8.79. The number of fused-ring (bicyclic) bond motifs is 2. The van der Waals surface area contributed by atoms with Crippen molar-refractivity contribution in [3.8, 4) is 6.07 Å². The molecule has 0 fully saturated rings. The summed E-state index contributed by atoms with van der Waals surface area (Å²) in [6.07, 6.45) is 0. The van der Waals surface area contributed by atoms with E-state index in [1.807, 2.05) is 0 Å². The number of benzene rings is 1. The molecule has 2 heterocycles. The van der Waals surface area contributed by atoms with Gasteiger partial charge in [-0.3, -0.25) is 4.90 Å². The summed E-state index contributed by atoms with van der Waals surface area (Å²) in [5.41, 5.74) is 4.92. The van der Waals surface area contributed by atoms with E-state index >= 15 is 0 Å². The molecule has 0 atom stereocenters. The molecule has 0 unspecified atom stereocenters. The van der Waals surface area contributed by atoms with E-state index in [1.165, 1.54) is 16.6 Å². The van der Waals surface area contributed by atoms with Gasteiger partial charge in [0.15, 0.2) is 0 Å². The van der Waals surface area contributed by atoms with E-state index in [-0.39, 0.29) is 0 Å². The van der Waals surface area contributed by atoms with E-state index in [4.69, 9.17) is 10.2 Å². The third kappa shape index (κ3) is 1.91. The Morgan fingerprint density at radius 3 is 2.63 bits per heavy atom. The second-order valence-corrected chi connectivity index (χ2v) is 5.60. The summed E-state index contributed by atoms with van der Waals surface area (Å²) in [6, 6.07) is 6.65. The van der Waals surface area contributed by atoms with Gasteiger partial charge in [-0.05, 0) is 23.3 Å². The smallest absolute Gasteiger partial charge is 0.112 e. The lowest BCUT2D eigenvalue weighted by molar-refractivity contribution is 0.320. The Balaban J connectivity index is 2.07. The average molecular weight is 254 g/mol. The van der Waals surface area contributed by atoms with Crippen LogP contribution in [-0.2, 0) is 20.1 Å². The molecule has 98 valence electrons. The first kappa shape index (κ1) is 12.2. The number of nitriles is 1. The molecule has 1 aromatic heterocycles. The molecular formula is C15H18N4. The maximum absolute atomic E-state index is 8.79. The number of nitrogens with zero attached hydrogens (tertiary/aromatic N) is 4. The van der Waals surface area contributed by atoms with Gasteiger partial charge < -0.3 is 4.57 Å². The molecule has 0 amide bonds. The summed E-state index contributed by atoms with van der Waals surface area (Å²) in [4.78, 5) is 6.90. The standard InChI is InChI=1S/C15H18N4/c1-10(2)15-17-13-6-11-8-19(5-4-16)9-12(11)7-14(13)18(15)3/h6-7,10H,5,8-9H2,1-3H3. The zero-order valence-corrected chi connectivity index (χ0v) is 11.6. The molecule has 1 aromatic carbocycles. The number of aryl methyl sites for hydroxylation is 1. The van der Waals surface area contributed by atoms with E-state index in [2.05, 4.69) is 48.6 Å². The molecule has 4 heteroatoms. The number of hydrogen-bond donors (Lipinski definition) is 0. The molecular weight excluding hydrogens is 236 g/mol. The van der Waals surface area contributed by atoms with Gasteiger partial charge in [0.1, 0.15) is 5.82 Å². The molecule has 0 saturated heterocycles. The fourth-order valence-electron chi connectivity index (χ4n) is 2.90. The maximum atomic E-state index is 8.79. The Kier molecular flexibility index (Phi) is 2.79. The average Bonchev–Trinajstić information content (AvgIpc) is 2.88. The highest BCUT2D eigenvalue weighted by Crippen LogP contribution is 2.29. The predicted octanol–water partition coefficient (Wildman–Crippen LogP) is 2.54. The molecule has 0 spiro atoms. The fraction of sp³-hybridized carbons (Fsp3) is 0.467. The molecule has 1 aliphatic heterocycles. The largest absolute Gasteiger partial charge is 0.331 e. The Morgan fingerprint density at radius 1 is 1.32 bits per heavy atom. The van der Waals surface area contributed by atoms with Gasteiger partial charge in [0.05, 0.1) is 23.6 Å². The lowest BCUT2D eigenvalue weighted by Gasteiger charge is -2.07. The van der Waals surface area contributed by atoms with Crippen molar-refractivity contribution in [3.63, 3.8) is 0 Å². The Bertz CT molecular complexity index is 675. The topological polar surface area (TPSA) is 44.9 Å². The van der Waals surface area contributed by atoms with Crippen molar-refractivity contribution in [1.29, 1.82) is 5.26 Å². The summed E-state index contributed by atoms with van der Waals surface area (Å²) in [7, 11) is 2.08. The van der Waals surface area contributed by atoms with Gasteiger partial charge in [0.2, 0.25) is 0 Å². The summed E-state index contributed by atoms with van der Waals surface area (Å²) in [5.74, 6) is 1.56. The van der Waals surface area contributed by atoms with Crippen molar-refractivity contribution in [2.24, 2.45) is 7.05 Å². The van der Waals surface area contributed by atoms with Gasteiger partial charge >= 0.3 is 0 Å². The molecule has 0 bridgehead atoms. The predicted molar refractivity (Wildman–Crippen MR) is 74.5 cm³/mol. The van der Waals surface area contributed by atoms with Crippen LogP contribution in [0.15, 0.2) is 12.1 Å². The van der Waals surface area contributed by atoms with E-state index in [1.54, 1.807) is 0 Å². The minimum atomic E-state index is 0.433. The van der Waals surface area contributed by atoms with Crippen LogP contribution in [0.25, 0.3) is 11.0 Å². The normalized spacial score (nSPS) is 15.1. The van der Waals surface area contributed by atoms with Gasteiger partial charge in [0, 0.05) is 26.1 Å². The second kappa shape index (κ2) is 4.36. The van der Waals surface area contributed by atoms with Gasteiger partial charge in [-0.2, -0.15) is 5.26 Å². The fourth-order valence-corrected chi connectivity index (χ4v) is 2.90. The van der Waals surface area contributed by atoms with Crippen LogP contribution in [-0.4, -0.2) is 21.0 Å². The molecule has 3 rings (SSSR count). The summed E-state index contributed by atoms with van der Waals surface area (Å²) < 4.78 is 2.19. The summed E-state index contributed by atoms with van der Waals surface area (Å²) in [6.45, 7) is 6.58. The number of imidazole rings is 1. The monoisotopic (exact) mass is 254 g/mol. The van der Waals surface area contributed by atoms with E-state index in [0.717, 1.165) is 24.4 Å². The van der Waals surface area contributed by atoms with Gasteiger partial charge in [0.25, 0.3) is 0 Å². The maximum Gasteiger partial charge on any atom is 0.112 e. The van der Waals surface area contributed by atoms with Gasteiger partial charge in [-0.1, -0.05) is 13.8 Å². The number of rotatable bonds is 2. The van der Waals surface area contributed by atoms with Crippen LogP contribution in [0.1, 0.15) is 36.7 Å². The molecule has 4 nitrogen and oxygen atoms in total. The molecule has 0 radical (unpaired) electrons. The Morgan fingerprint density at radius 2 is 2.00 bits per heavy atom. The molecule has 0 saturated carbocycles. The lowest BCUT2D eigenvalue weighted by atomic mass is 10.1. The molecule has 1 aliphatic rings. The van der Waals surface area contributed by atoms with Crippen LogP contribution in [0.4, 0.5) is 0 Å². The second-order valence-electron chi connectivity index (χ2n) is 5.60. The van der Waals surface area contributed by atoms with E-state index < -0.39 is 0 Å². The highest BCUT2D eigenvalue weighted by molar-refractivity contribution is 5.78. The highest BCUT2D eigenvalue weighted by atomic mass is 15.1.